The van der Waals surface area contributed by atoms with Crippen LogP contribution in [0.4, 0.5) is 0 Å². The Hall–Kier alpha value is -2.35. The SMILES string of the molecule is CC(C)N1CCC[C@@H](C(=O)NCc2nc(-c3ncccn3)no2)C1. The number of hydrogen-bond acceptors (Lipinski definition) is 7. The first-order valence-corrected chi connectivity index (χ1v) is 8.25. The van der Waals surface area contributed by atoms with Crippen molar-refractivity contribution in [3.05, 3.63) is 24.4 Å². The van der Waals surface area contributed by atoms with Crippen LogP contribution in [0, 0.1) is 5.92 Å². The van der Waals surface area contributed by atoms with Gasteiger partial charge in [0.05, 0.1) is 12.5 Å². The number of amides is 1. The van der Waals surface area contributed by atoms with Gasteiger partial charge in [-0.15, -0.1) is 0 Å². The highest BCUT2D eigenvalue weighted by atomic mass is 16.5. The van der Waals surface area contributed by atoms with Gasteiger partial charge in [0.1, 0.15) is 0 Å². The first-order valence-electron chi connectivity index (χ1n) is 8.25. The molecule has 1 amide bonds. The highest BCUT2D eigenvalue weighted by molar-refractivity contribution is 5.78. The van der Waals surface area contributed by atoms with E-state index in [1.807, 2.05) is 0 Å². The van der Waals surface area contributed by atoms with Gasteiger partial charge in [0.2, 0.25) is 23.4 Å². The van der Waals surface area contributed by atoms with Crippen molar-refractivity contribution in [2.45, 2.75) is 39.3 Å². The minimum absolute atomic E-state index is 0.0148. The van der Waals surface area contributed by atoms with E-state index in [-0.39, 0.29) is 18.4 Å². The molecule has 24 heavy (non-hydrogen) atoms. The van der Waals surface area contributed by atoms with Gasteiger partial charge in [-0.3, -0.25) is 4.79 Å². The van der Waals surface area contributed by atoms with Gasteiger partial charge in [0, 0.05) is 25.0 Å². The third-order valence-corrected chi connectivity index (χ3v) is 4.20. The van der Waals surface area contributed by atoms with Crippen LogP contribution in [0.5, 0.6) is 0 Å². The van der Waals surface area contributed by atoms with Crippen molar-refractivity contribution in [1.29, 1.82) is 0 Å². The smallest absolute Gasteiger partial charge is 0.246 e. The molecule has 0 spiro atoms. The molecule has 1 aliphatic rings. The van der Waals surface area contributed by atoms with E-state index in [0.717, 1.165) is 25.9 Å². The maximum atomic E-state index is 12.4. The van der Waals surface area contributed by atoms with E-state index < -0.39 is 0 Å². The van der Waals surface area contributed by atoms with Gasteiger partial charge in [-0.2, -0.15) is 4.98 Å². The molecular formula is C16H22N6O2. The highest BCUT2D eigenvalue weighted by Gasteiger charge is 2.27. The van der Waals surface area contributed by atoms with Crippen LogP contribution in [-0.4, -0.2) is 50.0 Å². The molecule has 0 bridgehead atoms. The second kappa shape index (κ2) is 7.48. The number of nitrogens with zero attached hydrogens (tertiary/aromatic N) is 5. The van der Waals surface area contributed by atoms with Gasteiger partial charge in [0.25, 0.3) is 0 Å². The standard InChI is InChI=1S/C16H22N6O2/c1-11(2)22-8-3-5-12(10-22)16(23)19-9-13-20-15(21-24-13)14-17-6-4-7-18-14/h4,6-7,11-12H,3,5,8-10H2,1-2H3,(H,19,23)/t12-/m1/s1. The molecule has 2 aromatic rings. The summed E-state index contributed by atoms with van der Waals surface area (Å²) < 4.78 is 5.15. The number of rotatable bonds is 5. The van der Waals surface area contributed by atoms with Crippen molar-refractivity contribution in [3.8, 4) is 11.6 Å². The minimum atomic E-state index is 0.0148. The van der Waals surface area contributed by atoms with Crippen molar-refractivity contribution in [3.63, 3.8) is 0 Å². The highest BCUT2D eigenvalue weighted by Crippen LogP contribution is 2.18. The molecule has 3 rings (SSSR count). The second-order valence-electron chi connectivity index (χ2n) is 6.23. The molecule has 3 heterocycles. The van der Waals surface area contributed by atoms with Gasteiger partial charge in [0.15, 0.2) is 0 Å². The molecule has 1 N–H and O–H groups in total. The van der Waals surface area contributed by atoms with Gasteiger partial charge >= 0.3 is 0 Å². The van der Waals surface area contributed by atoms with E-state index in [1.54, 1.807) is 18.5 Å². The summed E-state index contributed by atoms with van der Waals surface area (Å²) >= 11 is 0. The number of nitrogens with one attached hydrogen (secondary N) is 1. The Morgan fingerprint density at radius 3 is 2.92 bits per heavy atom. The minimum Gasteiger partial charge on any atom is -0.347 e. The van der Waals surface area contributed by atoms with E-state index >= 15 is 0 Å². The summed E-state index contributed by atoms with van der Waals surface area (Å²) in [6.45, 7) is 6.40. The second-order valence-corrected chi connectivity index (χ2v) is 6.23. The molecule has 2 aromatic heterocycles. The first-order chi connectivity index (χ1) is 11.6. The van der Waals surface area contributed by atoms with Gasteiger partial charge in [-0.1, -0.05) is 5.16 Å². The Labute approximate surface area is 140 Å². The predicted octanol–water partition coefficient (Wildman–Crippen LogP) is 1.26. The van der Waals surface area contributed by atoms with Crippen molar-refractivity contribution in [2.75, 3.05) is 13.1 Å². The monoisotopic (exact) mass is 330 g/mol. The topological polar surface area (TPSA) is 97.0 Å². The Balaban J connectivity index is 1.54. The molecule has 1 saturated heterocycles. The normalized spacial score (nSPS) is 18.7. The summed E-state index contributed by atoms with van der Waals surface area (Å²) in [6, 6.07) is 2.18. The molecule has 0 aromatic carbocycles. The average Bonchev–Trinajstić information content (AvgIpc) is 3.09. The molecule has 0 saturated carbocycles. The molecular weight excluding hydrogens is 308 g/mol. The fraction of sp³-hybridized carbons (Fsp3) is 0.562. The lowest BCUT2D eigenvalue weighted by molar-refractivity contribution is -0.127. The predicted molar refractivity (Wildman–Crippen MR) is 86.6 cm³/mol. The Kier molecular flexibility index (Phi) is 5.14. The zero-order valence-corrected chi connectivity index (χ0v) is 14.0. The molecule has 0 radical (unpaired) electrons. The number of piperidine rings is 1. The summed E-state index contributed by atoms with van der Waals surface area (Å²) in [5.41, 5.74) is 0. The maximum Gasteiger partial charge on any atom is 0.246 e. The van der Waals surface area contributed by atoms with E-state index in [0.29, 0.717) is 23.6 Å². The van der Waals surface area contributed by atoms with Crippen LogP contribution in [0.15, 0.2) is 23.0 Å². The van der Waals surface area contributed by atoms with Crippen LogP contribution in [-0.2, 0) is 11.3 Å². The summed E-state index contributed by atoms with van der Waals surface area (Å²) in [6.07, 6.45) is 5.20. The molecule has 8 nitrogen and oxygen atoms in total. The number of carbonyl (C=O) groups is 1. The number of carbonyl (C=O) groups excluding carboxylic acids is 1. The van der Waals surface area contributed by atoms with Gasteiger partial charge in [-0.25, -0.2) is 9.97 Å². The van der Waals surface area contributed by atoms with Crippen molar-refractivity contribution in [2.24, 2.45) is 5.92 Å². The fourth-order valence-electron chi connectivity index (χ4n) is 2.83. The van der Waals surface area contributed by atoms with Crippen molar-refractivity contribution >= 4 is 5.91 Å². The lowest BCUT2D eigenvalue weighted by Crippen LogP contribution is -2.45. The molecule has 1 fully saturated rings. The maximum absolute atomic E-state index is 12.4. The van der Waals surface area contributed by atoms with Crippen LogP contribution >= 0.6 is 0 Å². The summed E-state index contributed by atoms with van der Waals surface area (Å²) in [5.74, 6) is 1.13. The molecule has 8 heteroatoms. The zero-order valence-electron chi connectivity index (χ0n) is 14.0. The Morgan fingerprint density at radius 1 is 1.38 bits per heavy atom. The lowest BCUT2D eigenvalue weighted by atomic mass is 9.96. The summed E-state index contributed by atoms with van der Waals surface area (Å²) in [7, 11) is 0. The van der Waals surface area contributed by atoms with Gasteiger partial charge in [-0.05, 0) is 39.3 Å². The zero-order chi connectivity index (χ0) is 16.9. The summed E-state index contributed by atoms with van der Waals surface area (Å²) in [4.78, 5) is 27.0. The fourth-order valence-corrected chi connectivity index (χ4v) is 2.83. The van der Waals surface area contributed by atoms with Crippen LogP contribution < -0.4 is 5.32 Å². The Bertz CT molecular complexity index is 672. The van der Waals surface area contributed by atoms with E-state index in [9.17, 15) is 4.79 Å². The van der Waals surface area contributed by atoms with Crippen LogP contribution in [0.2, 0.25) is 0 Å². The quantitative estimate of drug-likeness (QED) is 0.881. The summed E-state index contributed by atoms with van der Waals surface area (Å²) in [5, 5.41) is 6.73. The average molecular weight is 330 g/mol. The molecule has 1 atom stereocenters. The van der Waals surface area contributed by atoms with Crippen LogP contribution in [0.1, 0.15) is 32.6 Å². The molecule has 1 aliphatic heterocycles. The van der Waals surface area contributed by atoms with Crippen molar-refractivity contribution < 1.29 is 9.32 Å². The van der Waals surface area contributed by atoms with Crippen LogP contribution in [0.25, 0.3) is 11.6 Å². The largest absolute Gasteiger partial charge is 0.347 e. The van der Waals surface area contributed by atoms with E-state index in [2.05, 4.69) is 44.2 Å². The Morgan fingerprint density at radius 2 is 2.17 bits per heavy atom. The lowest BCUT2D eigenvalue weighted by Gasteiger charge is -2.34. The molecule has 0 aliphatic carbocycles. The van der Waals surface area contributed by atoms with Gasteiger partial charge < -0.3 is 14.7 Å². The van der Waals surface area contributed by atoms with E-state index in [1.165, 1.54) is 0 Å². The van der Waals surface area contributed by atoms with Crippen LogP contribution in [0.3, 0.4) is 0 Å². The van der Waals surface area contributed by atoms with E-state index in [4.69, 9.17) is 4.52 Å². The first kappa shape index (κ1) is 16.5. The number of aromatic nitrogens is 4. The third-order valence-electron chi connectivity index (χ3n) is 4.20. The number of likely N-dealkylation sites (tertiary alicyclic amines) is 1. The third kappa shape index (κ3) is 3.94. The number of hydrogen-bond donors (Lipinski definition) is 1. The molecule has 0 unspecified atom stereocenters. The van der Waals surface area contributed by atoms with Crippen molar-refractivity contribution in [1.82, 2.24) is 30.3 Å². The molecule has 128 valence electrons.